The summed E-state index contributed by atoms with van der Waals surface area (Å²) in [5, 5.41) is 4.81. The van der Waals surface area contributed by atoms with Gasteiger partial charge in [0, 0.05) is 16.1 Å². The lowest BCUT2D eigenvalue weighted by Crippen LogP contribution is -2.19. The van der Waals surface area contributed by atoms with Crippen molar-refractivity contribution in [3.05, 3.63) is 101 Å². The molecule has 3 aromatic carbocycles. The smallest absolute Gasteiger partial charge is 0.271 e. The molecule has 0 saturated carbocycles. The number of halogens is 1. The molecular formula is C24H21ClN2O3. The fourth-order valence-corrected chi connectivity index (χ4v) is 2.85. The van der Waals surface area contributed by atoms with Crippen molar-refractivity contribution in [1.82, 2.24) is 5.43 Å². The van der Waals surface area contributed by atoms with Gasteiger partial charge < -0.3 is 9.47 Å². The molecule has 0 aliphatic carbocycles. The molecular weight excluding hydrogens is 400 g/mol. The maximum absolute atomic E-state index is 12.4. The van der Waals surface area contributed by atoms with E-state index >= 15 is 0 Å². The molecule has 0 radical (unpaired) electrons. The molecule has 0 bridgehead atoms. The van der Waals surface area contributed by atoms with E-state index in [0.717, 1.165) is 22.6 Å². The number of allylic oxidation sites excluding steroid dienone is 1. The molecule has 0 aliphatic rings. The van der Waals surface area contributed by atoms with Gasteiger partial charge in [-0.3, -0.25) is 4.79 Å². The van der Waals surface area contributed by atoms with E-state index in [2.05, 4.69) is 10.5 Å². The Labute approximate surface area is 180 Å². The predicted molar refractivity (Wildman–Crippen MR) is 120 cm³/mol. The van der Waals surface area contributed by atoms with Gasteiger partial charge in [-0.25, -0.2) is 5.43 Å². The van der Waals surface area contributed by atoms with E-state index in [4.69, 9.17) is 21.1 Å². The van der Waals surface area contributed by atoms with Gasteiger partial charge in [0.25, 0.3) is 5.91 Å². The van der Waals surface area contributed by atoms with Crippen molar-refractivity contribution in [2.45, 2.75) is 0 Å². The van der Waals surface area contributed by atoms with Gasteiger partial charge in [-0.05, 0) is 66.2 Å². The summed E-state index contributed by atoms with van der Waals surface area (Å²) in [5.41, 5.74) is 5.41. The molecule has 0 spiro atoms. The first-order valence-corrected chi connectivity index (χ1v) is 9.57. The quantitative estimate of drug-likeness (QED) is 0.422. The van der Waals surface area contributed by atoms with Gasteiger partial charge in [0.15, 0.2) is 0 Å². The Bertz CT molecular complexity index is 1060. The van der Waals surface area contributed by atoms with Gasteiger partial charge in [-0.1, -0.05) is 35.9 Å². The van der Waals surface area contributed by atoms with Crippen LogP contribution >= 0.6 is 11.6 Å². The highest BCUT2D eigenvalue weighted by Crippen LogP contribution is 2.16. The zero-order valence-corrected chi connectivity index (χ0v) is 17.4. The third kappa shape index (κ3) is 5.72. The van der Waals surface area contributed by atoms with Crippen molar-refractivity contribution in [2.75, 3.05) is 14.2 Å². The van der Waals surface area contributed by atoms with Gasteiger partial charge in [-0.2, -0.15) is 5.10 Å². The first-order chi connectivity index (χ1) is 14.6. The van der Waals surface area contributed by atoms with Crippen molar-refractivity contribution >= 4 is 29.3 Å². The molecule has 0 saturated heterocycles. The van der Waals surface area contributed by atoms with Gasteiger partial charge in [0.2, 0.25) is 0 Å². The summed E-state index contributed by atoms with van der Waals surface area (Å²) < 4.78 is 10.4. The molecule has 0 aliphatic heterocycles. The number of rotatable bonds is 7. The minimum absolute atomic E-state index is 0.346. The molecule has 152 valence electrons. The van der Waals surface area contributed by atoms with Crippen molar-refractivity contribution < 1.29 is 14.3 Å². The Morgan fingerprint density at radius 2 is 1.53 bits per heavy atom. The van der Waals surface area contributed by atoms with E-state index in [0.29, 0.717) is 16.3 Å². The largest absolute Gasteiger partial charge is 0.497 e. The van der Waals surface area contributed by atoms with Gasteiger partial charge >= 0.3 is 0 Å². The summed E-state index contributed by atoms with van der Waals surface area (Å²) in [6.45, 7) is 0. The number of nitrogens with zero attached hydrogens (tertiary/aromatic N) is 1. The average Bonchev–Trinajstić information content (AvgIpc) is 2.79. The molecule has 1 N–H and O–H groups in total. The third-order valence-corrected chi connectivity index (χ3v) is 4.54. The van der Waals surface area contributed by atoms with Crippen molar-refractivity contribution in [3.63, 3.8) is 0 Å². The molecule has 0 fully saturated rings. The second kappa shape index (κ2) is 10.3. The van der Waals surface area contributed by atoms with E-state index in [1.54, 1.807) is 38.5 Å². The fourth-order valence-electron chi connectivity index (χ4n) is 2.66. The minimum atomic E-state index is -0.346. The summed E-state index contributed by atoms with van der Waals surface area (Å²) >= 11 is 5.97. The third-order valence-electron chi connectivity index (χ3n) is 4.30. The van der Waals surface area contributed by atoms with Crippen LogP contribution in [0.25, 0.3) is 6.08 Å². The normalized spacial score (nSPS) is 11.4. The summed E-state index contributed by atoms with van der Waals surface area (Å²) in [4.78, 5) is 12.4. The standard InChI is InChI=1S/C24H21ClN2O3/c1-29-21-11-6-17(7-12-21)8-15-23(18-9-13-22(30-2)14-10-18)26-27-24(28)19-4-3-5-20(25)16-19/h3-16H,1-2H3,(H,27,28)/b15-8+,26-23+. The molecule has 5 nitrogen and oxygen atoms in total. The maximum atomic E-state index is 12.4. The fraction of sp³-hybridized carbons (Fsp3) is 0.0833. The highest BCUT2D eigenvalue weighted by Gasteiger charge is 2.07. The lowest BCUT2D eigenvalue weighted by atomic mass is 10.1. The zero-order valence-electron chi connectivity index (χ0n) is 16.6. The molecule has 3 rings (SSSR count). The monoisotopic (exact) mass is 420 g/mol. The Balaban J connectivity index is 1.86. The minimum Gasteiger partial charge on any atom is -0.497 e. The molecule has 30 heavy (non-hydrogen) atoms. The number of methoxy groups -OCH3 is 2. The van der Waals surface area contributed by atoms with Gasteiger partial charge in [0.1, 0.15) is 11.5 Å². The van der Waals surface area contributed by atoms with E-state index in [9.17, 15) is 4.79 Å². The number of nitrogens with one attached hydrogen (secondary N) is 1. The van der Waals surface area contributed by atoms with Crippen LogP contribution in [0, 0.1) is 0 Å². The lowest BCUT2D eigenvalue weighted by molar-refractivity contribution is 0.0955. The van der Waals surface area contributed by atoms with Crippen LogP contribution in [0.2, 0.25) is 5.02 Å². The Kier molecular flexibility index (Phi) is 7.24. The summed E-state index contributed by atoms with van der Waals surface area (Å²) in [6.07, 6.45) is 3.75. The number of hydrogen-bond donors (Lipinski definition) is 1. The predicted octanol–water partition coefficient (Wildman–Crippen LogP) is 5.20. The highest BCUT2D eigenvalue weighted by atomic mass is 35.5. The van der Waals surface area contributed by atoms with Crippen molar-refractivity contribution in [3.8, 4) is 11.5 Å². The molecule has 6 heteroatoms. The number of hydrazone groups is 1. The molecule has 3 aromatic rings. The number of hydrogen-bond acceptors (Lipinski definition) is 4. The first-order valence-electron chi connectivity index (χ1n) is 9.19. The second-order valence-electron chi connectivity index (χ2n) is 6.28. The van der Waals surface area contributed by atoms with Crippen LogP contribution in [0.3, 0.4) is 0 Å². The topological polar surface area (TPSA) is 59.9 Å². The number of amides is 1. The Hall–Kier alpha value is -3.57. The van der Waals surface area contributed by atoms with Gasteiger partial charge in [0.05, 0.1) is 19.9 Å². The zero-order chi connectivity index (χ0) is 21.3. The molecule has 0 unspecified atom stereocenters. The van der Waals surface area contributed by atoms with Crippen LogP contribution in [-0.2, 0) is 0 Å². The molecule has 0 aromatic heterocycles. The first kappa shape index (κ1) is 21.1. The van der Waals surface area contributed by atoms with Crippen molar-refractivity contribution in [1.29, 1.82) is 0 Å². The average molecular weight is 421 g/mol. The van der Waals surface area contributed by atoms with E-state index in [1.165, 1.54) is 0 Å². The summed E-state index contributed by atoms with van der Waals surface area (Å²) in [5.74, 6) is 1.17. The van der Waals surface area contributed by atoms with E-state index in [-0.39, 0.29) is 5.91 Å². The highest BCUT2D eigenvalue weighted by molar-refractivity contribution is 6.31. The summed E-state index contributed by atoms with van der Waals surface area (Å²) in [7, 11) is 3.24. The van der Waals surface area contributed by atoms with E-state index in [1.807, 2.05) is 60.7 Å². The number of carbonyl (C=O) groups is 1. The Morgan fingerprint density at radius 3 is 2.13 bits per heavy atom. The summed E-state index contributed by atoms with van der Waals surface area (Å²) in [6, 6.07) is 21.8. The maximum Gasteiger partial charge on any atom is 0.271 e. The lowest BCUT2D eigenvalue weighted by Gasteiger charge is -2.06. The van der Waals surface area contributed by atoms with Crippen LogP contribution in [0.1, 0.15) is 21.5 Å². The molecule has 0 heterocycles. The van der Waals surface area contributed by atoms with Crippen LogP contribution in [-0.4, -0.2) is 25.8 Å². The Morgan fingerprint density at radius 1 is 0.900 bits per heavy atom. The molecule has 0 atom stereocenters. The van der Waals surface area contributed by atoms with Crippen LogP contribution in [0.5, 0.6) is 11.5 Å². The van der Waals surface area contributed by atoms with Crippen LogP contribution in [0.15, 0.2) is 84.0 Å². The number of carbonyl (C=O) groups excluding carboxylic acids is 1. The van der Waals surface area contributed by atoms with Crippen molar-refractivity contribution in [2.24, 2.45) is 5.10 Å². The number of ether oxygens (including phenoxy) is 2. The SMILES string of the molecule is COc1ccc(/C=C/C(=N\NC(=O)c2cccc(Cl)c2)c2ccc(OC)cc2)cc1. The molecule has 1 amide bonds. The van der Waals surface area contributed by atoms with Crippen LogP contribution < -0.4 is 14.9 Å². The van der Waals surface area contributed by atoms with Gasteiger partial charge in [-0.15, -0.1) is 0 Å². The van der Waals surface area contributed by atoms with E-state index < -0.39 is 0 Å². The second-order valence-corrected chi connectivity index (χ2v) is 6.72. The van der Waals surface area contributed by atoms with Crippen LogP contribution in [0.4, 0.5) is 0 Å². The number of benzene rings is 3.